The molecule has 0 unspecified atom stereocenters. The number of hydrogen-bond acceptors (Lipinski definition) is 4. The van der Waals surface area contributed by atoms with E-state index in [-0.39, 0.29) is 5.43 Å². The molecule has 0 amide bonds. The van der Waals surface area contributed by atoms with Gasteiger partial charge in [-0.2, -0.15) is 0 Å². The van der Waals surface area contributed by atoms with Crippen LogP contribution in [0.1, 0.15) is 19.3 Å². The third kappa shape index (κ3) is 4.02. The molecular formula is C22H22ClNO3. The van der Waals surface area contributed by atoms with Crippen LogP contribution < -0.4 is 10.2 Å². The summed E-state index contributed by atoms with van der Waals surface area (Å²) in [7, 11) is 0. The lowest BCUT2D eigenvalue weighted by Gasteiger charge is -2.26. The van der Waals surface area contributed by atoms with Crippen molar-refractivity contribution in [2.45, 2.75) is 19.3 Å². The number of hydrogen-bond donors (Lipinski definition) is 0. The van der Waals surface area contributed by atoms with Crippen molar-refractivity contribution in [2.75, 3.05) is 26.2 Å². The van der Waals surface area contributed by atoms with Crippen molar-refractivity contribution in [3.05, 3.63) is 63.8 Å². The maximum atomic E-state index is 12.5. The highest BCUT2D eigenvalue weighted by atomic mass is 35.5. The molecule has 0 bridgehead atoms. The van der Waals surface area contributed by atoms with E-state index < -0.39 is 0 Å². The van der Waals surface area contributed by atoms with Gasteiger partial charge >= 0.3 is 0 Å². The van der Waals surface area contributed by atoms with Gasteiger partial charge in [-0.15, -0.1) is 0 Å². The van der Waals surface area contributed by atoms with Crippen LogP contribution in [-0.2, 0) is 0 Å². The first-order chi connectivity index (χ1) is 13.2. The zero-order chi connectivity index (χ0) is 18.6. The topological polar surface area (TPSA) is 42.7 Å². The Bertz CT molecular complexity index is 992. The molecule has 1 aromatic heterocycles. The van der Waals surface area contributed by atoms with Crippen molar-refractivity contribution >= 4 is 22.6 Å². The van der Waals surface area contributed by atoms with Gasteiger partial charge in [0.25, 0.3) is 0 Å². The van der Waals surface area contributed by atoms with Gasteiger partial charge in [0.05, 0.1) is 16.0 Å². The molecule has 0 atom stereocenters. The fraction of sp³-hybridized carbons (Fsp3) is 0.318. The molecule has 1 aliphatic rings. The summed E-state index contributed by atoms with van der Waals surface area (Å²) >= 11 is 6.23. The average Bonchev–Trinajstić information content (AvgIpc) is 2.70. The van der Waals surface area contributed by atoms with Crippen molar-refractivity contribution in [2.24, 2.45) is 0 Å². The molecule has 1 saturated heterocycles. The van der Waals surface area contributed by atoms with Crippen molar-refractivity contribution in [1.29, 1.82) is 0 Å². The smallest absolute Gasteiger partial charge is 0.193 e. The van der Waals surface area contributed by atoms with Crippen LogP contribution in [0.4, 0.5) is 0 Å². The number of nitrogens with zero attached hydrogens (tertiary/aromatic N) is 1. The number of likely N-dealkylation sites (tertiary alicyclic amines) is 1. The second-order valence-electron chi connectivity index (χ2n) is 6.84. The summed E-state index contributed by atoms with van der Waals surface area (Å²) in [6.45, 7) is 3.80. The third-order valence-electron chi connectivity index (χ3n) is 4.97. The lowest BCUT2D eigenvalue weighted by atomic mass is 10.1. The number of benzene rings is 2. The molecule has 140 valence electrons. The van der Waals surface area contributed by atoms with E-state index in [0.29, 0.717) is 34.1 Å². The molecular weight excluding hydrogens is 362 g/mol. The van der Waals surface area contributed by atoms with E-state index in [1.807, 2.05) is 24.3 Å². The van der Waals surface area contributed by atoms with E-state index in [4.69, 9.17) is 20.8 Å². The molecule has 4 nitrogen and oxygen atoms in total. The van der Waals surface area contributed by atoms with Crippen LogP contribution in [0, 0.1) is 0 Å². The Balaban J connectivity index is 1.60. The van der Waals surface area contributed by atoms with Gasteiger partial charge in [-0.05, 0) is 50.2 Å². The molecule has 5 heteroatoms. The number of rotatable bonds is 5. The number of halogens is 1. The Morgan fingerprint density at radius 1 is 1.04 bits per heavy atom. The standard InChI is InChI=1S/C22H22ClNO3/c23-18-9-6-8-16-19(25)15-21(27-22(16)18)17-7-2-3-10-20(17)26-14-13-24-11-4-1-5-12-24/h2-3,6-10,15H,1,4-5,11-14H2. The fourth-order valence-corrected chi connectivity index (χ4v) is 3.75. The maximum absolute atomic E-state index is 12.5. The van der Waals surface area contributed by atoms with Gasteiger partial charge < -0.3 is 9.15 Å². The Morgan fingerprint density at radius 2 is 1.85 bits per heavy atom. The monoisotopic (exact) mass is 383 g/mol. The number of fused-ring (bicyclic) bond motifs is 1. The summed E-state index contributed by atoms with van der Waals surface area (Å²) in [5.41, 5.74) is 1.05. The highest BCUT2D eigenvalue weighted by Crippen LogP contribution is 2.32. The van der Waals surface area contributed by atoms with Gasteiger partial charge in [0, 0.05) is 12.6 Å². The first kappa shape index (κ1) is 18.1. The molecule has 2 heterocycles. The number of para-hydroxylation sites is 2. The van der Waals surface area contributed by atoms with Gasteiger partial charge in [0.2, 0.25) is 0 Å². The van der Waals surface area contributed by atoms with E-state index in [1.165, 1.54) is 25.3 Å². The van der Waals surface area contributed by atoms with E-state index in [0.717, 1.165) is 25.2 Å². The second kappa shape index (κ2) is 8.15. The molecule has 1 fully saturated rings. The summed E-state index contributed by atoms with van der Waals surface area (Å²) in [5, 5.41) is 0.907. The predicted molar refractivity (Wildman–Crippen MR) is 109 cm³/mol. The Kier molecular flexibility index (Phi) is 5.46. The van der Waals surface area contributed by atoms with Crippen LogP contribution in [0.3, 0.4) is 0 Å². The molecule has 0 radical (unpaired) electrons. The molecule has 3 aromatic rings. The largest absolute Gasteiger partial charge is 0.491 e. The summed E-state index contributed by atoms with van der Waals surface area (Å²) < 4.78 is 12.0. The van der Waals surface area contributed by atoms with E-state index in [9.17, 15) is 4.79 Å². The zero-order valence-corrected chi connectivity index (χ0v) is 15.9. The fourth-order valence-electron chi connectivity index (χ4n) is 3.54. The molecule has 2 aromatic carbocycles. The molecule has 27 heavy (non-hydrogen) atoms. The van der Waals surface area contributed by atoms with E-state index in [2.05, 4.69) is 4.90 Å². The van der Waals surface area contributed by atoms with E-state index in [1.54, 1.807) is 18.2 Å². The summed E-state index contributed by atoms with van der Waals surface area (Å²) in [5.74, 6) is 1.18. The molecule has 0 saturated carbocycles. The predicted octanol–water partition coefficient (Wildman–Crippen LogP) is 4.98. The SMILES string of the molecule is O=c1cc(-c2ccccc2OCCN2CCCCC2)oc2c(Cl)cccc12. The lowest BCUT2D eigenvalue weighted by Crippen LogP contribution is -2.33. The zero-order valence-electron chi connectivity index (χ0n) is 15.1. The van der Waals surface area contributed by atoms with Crippen LogP contribution in [-0.4, -0.2) is 31.1 Å². The van der Waals surface area contributed by atoms with Crippen molar-refractivity contribution in [1.82, 2.24) is 4.90 Å². The Hall–Kier alpha value is -2.30. The quantitative estimate of drug-likeness (QED) is 0.623. The van der Waals surface area contributed by atoms with Gasteiger partial charge in [0.15, 0.2) is 11.0 Å². The second-order valence-corrected chi connectivity index (χ2v) is 7.25. The normalized spacial score (nSPS) is 15.1. The van der Waals surface area contributed by atoms with Crippen molar-refractivity contribution in [3.63, 3.8) is 0 Å². The first-order valence-corrected chi connectivity index (χ1v) is 9.77. The highest BCUT2D eigenvalue weighted by Gasteiger charge is 2.14. The van der Waals surface area contributed by atoms with Crippen LogP contribution in [0.2, 0.25) is 5.02 Å². The lowest BCUT2D eigenvalue weighted by molar-refractivity contribution is 0.183. The molecule has 0 N–H and O–H groups in total. The minimum Gasteiger partial charge on any atom is -0.491 e. The molecule has 1 aliphatic heterocycles. The van der Waals surface area contributed by atoms with Crippen molar-refractivity contribution in [3.8, 4) is 17.1 Å². The Labute approximate surface area is 163 Å². The van der Waals surface area contributed by atoms with Gasteiger partial charge in [-0.1, -0.05) is 36.2 Å². The van der Waals surface area contributed by atoms with Gasteiger partial charge in [-0.3, -0.25) is 9.69 Å². The minimum atomic E-state index is -0.114. The highest BCUT2D eigenvalue weighted by molar-refractivity contribution is 6.34. The van der Waals surface area contributed by atoms with Crippen molar-refractivity contribution < 1.29 is 9.15 Å². The molecule has 4 rings (SSSR count). The van der Waals surface area contributed by atoms with E-state index >= 15 is 0 Å². The summed E-state index contributed by atoms with van der Waals surface area (Å²) in [4.78, 5) is 14.9. The average molecular weight is 384 g/mol. The van der Waals surface area contributed by atoms with Crippen LogP contribution in [0.15, 0.2) is 57.7 Å². The molecule has 0 spiro atoms. The van der Waals surface area contributed by atoms with Gasteiger partial charge in [0.1, 0.15) is 18.1 Å². The van der Waals surface area contributed by atoms with Crippen LogP contribution in [0.25, 0.3) is 22.3 Å². The summed E-state index contributed by atoms with van der Waals surface area (Å²) in [6, 6.07) is 14.3. The third-order valence-corrected chi connectivity index (χ3v) is 5.27. The first-order valence-electron chi connectivity index (χ1n) is 9.39. The Morgan fingerprint density at radius 3 is 2.70 bits per heavy atom. The summed E-state index contributed by atoms with van der Waals surface area (Å²) in [6.07, 6.45) is 3.85. The maximum Gasteiger partial charge on any atom is 0.193 e. The molecule has 0 aliphatic carbocycles. The van der Waals surface area contributed by atoms with Crippen LogP contribution in [0.5, 0.6) is 5.75 Å². The number of piperidine rings is 1. The minimum absolute atomic E-state index is 0.114. The number of ether oxygens (including phenoxy) is 1. The van der Waals surface area contributed by atoms with Crippen LogP contribution >= 0.6 is 11.6 Å². The van der Waals surface area contributed by atoms with Gasteiger partial charge in [-0.25, -0.2) is 0 Å².